The molecule has 1 heterocycles. The van der Waals surface area contributed by atoms with E-state index in [0.29, 0.717) is 0 Å². The van der Waals surface area contributed by atoms with Gasteiger partial charge in [-0.2, -0.15) is 0 Å². The lowest BCUT2D eigenvalue weighted by Crippen LogP contribution is -2.10. The monoisotopic (exact) mass is 763 g/mol. The molecule has 11 aromatic carbocycles. The minimum Gasteiger partial charge on any atom is -0.456 e. The summed E-state index contributed by atoms with van der Waals surface area (Å²) in [5.41, 5.74) is 12.3. The lowest BCUT2D eigenvalue weighted by molar-refractivity contribution is 0.669. The van der Waals surface area contributed by atoms with Crippen LogP contribution >= 0.6 is 0 Å². The van der Waals surface area contributed by atoms with E-state index >= 15 is 0 Å². The number of para-hydroxylation sites is 1. The summed E-state index contributed by atoms with van der Waals surface area (Å²) in [7, 11) is 0. The van der Waals surface area contributed by atoms with E-state index < -0.39 is 0 Å². The van der Waals surface area contributed by atoms with E-state index in [0.717, 1.165) is 55.3 Å². The standard InChI is InChI=1S/C58H37NO/c1-2-12-38(13-3-1)42-25-24-39-26-28-49(33-46(39)31-42)59(50-29-27-43-37-58-56(36-47(43)34-50)54-22-8-9-23-57(54)60-58)48-18-11-16-41(32-48)40-15-10-17-44(30-40)55-35-45-14-4-5-19-51(45)52-20-6-7-21-53(52)55/h1-37H. The second kappa shape index (κ2) is 13.9. The highest BCUT2D eigenvalue weighted by molar-refractivity contribution is 6.14. The molecule has 280 valence electrons. The average Bonchev–Trinajstić information content (AvgIpc) is 3.68. The van der Waals surface area contributed by atoms with Crippen LogP contribution in [0, 0.1) is 0 Å². The normalized spacial score (nSPS) is 11.7. The summed E-state index contributed by atoms with van der Waals surface area (Å²) in [6.45, 7) is 0. The van der Waals surface area contributed by atoms with Gasteiger partial charge < -0.3 is 9.32 Å². The van der Waals surface area contributed by atoms with E-state index in [2.05, 4.69) is 217 Å². The third-order valence-electron chi connectivity index (χ3n) is 12.1. The maximum Gasteiger partial charge on any atom is 0.136 e. The van der Waals surface area contributed by atoms with Crippen molar-refractivity contribution in [2.45, 2.75) is 0 Å². The van der Waals surface area contributed by atoms with Gasteiger partial charge in [0.05, 0.1) is 0 Å². The second-order valence-electron chi connectivity index (χ2n) is 15.7. The van der Waals surface area contributed by atoms with E-state index in [4.69, 9.17) is 4.42 Å². The zero-order chi connectivity index (χ0) is 39.6. The molecule has 0 atom stereocenters. The van der Waals surface area contributed by atoms with Crippen LogP contribution in [0.4, 0.5) is 17.1 Å². The Labute approximate surface area is 347 Å². The Hall–Kier alpha value is -7.94. The molecule has 0 N–H and O–H groups in total. The van der Waals surface area contributed by atoms with Gasteiger partial charge in [0.1, 0.15) is 11.2 Å². The summed E-state index contributed by atoms with van der Waals surface area (Å²) in [5, 5.41) is 12.0. The quantitative estimate of drug-likeness (QED) is 0.157. The molecule has 0 amide bonds. The molecule has 0 aliphatic heterocycles. The van der Waals surface area contributed by atoms with Crippen molar-refractivity contribution >= 4 is 82.1 Å². The van der Waals surface area contributed by atoms with Gasteiger partial charge in [-0.1, -0.05) is 152 Å². The van der Waals surface area contributed by atoms with Crippen LogP contribution in [0.5, 0.6) is 0 Å². The fourth-order valence-electron chi connectivity index (χ4n) is 9.21. The largest absolute Gasteiger partial charge is 0.456 e. The zero-order valence-electron chi connectivity index (χ0n) is 32.7. The first kappa shape index (κ1) is 34.1. The van der Waals surface area contributed by atoms with Gasteiger partial charge in [-0.05, 0) is 149 Å². The predicted molar refractivity (Wildman–Crippen MR) is 255 cm³/mol. The molecule has 12 aromatic rings. The number of furan rings is 1. The van der Waals surface area contributed by atoms with Crippen molar-refractivity contribution in [2.75, 3.05) is 4.90 Å². The van der Waals surface area contributed by atoms with Crippen LogP contribution in [0.2, 0.25) is 0 Å². The molecule has 2 heteroatoms. The van der Waals surface area contributed by atoms with E-state index in [1.807, 2.05) is 12.1 Å². The number of nitrogens with zero attached hydrogens (tertiary/aromatic N) is 1. The molecule has 60 heavy (non-hydrogen) atoms. The van der Waals surface area contributed by atoms with Gasteiger partial charge in [0, 0.05) is 27.8 Å². The predicted octanol–water partition coefficient (Wildman–Crippen LogP) is 16.7. The first-order valence-electron chi connectivity index (χ1n) is 20.6. The molecular formula is C58H37NO. The van der Waals surface area contributed by atoms with Crippen molar-refractivity contribution in [3.8, 4) is 33.4 Å². The highest BCUT2D eigenvalue weighted by Crippen LogP contribution is 2.42. The Balaban J connectivity index is 1.02. The number of hydrogen-bond acceptors (Lipinski definition) is 2. The van der Waals surface area contributed by atoms with Crippen LogP contribution in [0.15, 0.2) is 229 Å². The molecule has 0 aliphatic carbocycles. The van der Waals surface area contributed by atoms with Crippen LogP contribution in [-0.2, 0) is 0 Å². The van der Waals surface area contributed by atoms with Crippen molar-refractivity contribution in [3.63, 3.8) is 0 Å². The van der Waals surface area contributed by atoms with Gasteiger partial charge in [0.25, 0.3) is 0 Å². The summed E-state index contributed by atoms with van der Waals surface area (Å²) < 4.78 is 6.28. The molecule has 0 bridgehead atoms. The summed E-state index contributed by atoms with van der Waals surface area (Å²) in [6.07, 6.45) is 0. The van der Waals surface area contributed by atoms with Gasteiger partial charge in [0.15, 0.2) is 0 Å². The van der Waals surface area contributed by atoms with Crippen LogP contribution in [0.25, 0.3) is 98.4 Å². The summed E-state index contributed by atoms with van der Waals surface area (Å²) in [4.78, 5) is 2.40. The van der Waals surface area contributed by atoms with Crippen LogP contribution in [-0.4, -0.2) is 0 Å². The van der Waals surface area contributed by atoms with E-state index in [9.17, 15) is 0 Å². The van der Waals surface area contributed by atoms with E-state index in [1.165, 1.54) is 60.1 Å². The third kappa shape index (κ3) is 5.81. The average molecular weight is 764 g/mol. The van der Waals surface area contributed by atoms with Crippen molar-refractivity contribution < 1.29 is 4.42 Å². The molecule has 0 spiro atoms. The van der Waals surface area contributed by atoms with Gasteiger partial charge in [-0.15, -0.1) is 0 Å². The van der Waals surface area contributed by atoms with Crippen LogP contribution in [0.3, 0.4) is 0 Å². The van der Waals surface area contributed by atoms with Gasteiger partial charge in [0.2, 0.25) is 0 Å². The smallest absolute Gasteiger partial charge is 0.136 e. The van der Waals surface area contributed by atoms with E-state index in [1.54, 1.807) is 0 Å². The lowest BCUT2D eigenvalue weighted by atomic mass is 9.92. The number of hydrogen-bond donors (Lipinski definition) is 0. The Kier molecular flexibility index (Phi) is 7.89. The molecule has 12 rings (SSSR count). The fourth-order valence-corrected chi connectivity index (χ4v) is 9.21. The Morgan fingerprint density at radius 2 is 0.850 bits per heavy atom. The van der Waals surface area contributed by atoms with Gasteiger partial charge >= 0.3 is 0 Å². The molecule has 0 aliphatic rings. The summed E-state index contributed by atoms with van der Waals surface area (Å²) >= 11 is 0. The second-order valence-corrected chi connectivity index (χ2v) is 15.7. The highest BCUT2D eigenvalue weighted by Gasteiger charge is 2.17. The van der Waals surface area contributed by atoms with Gasteiger partial charge in [-0.3, -0.25) is 0 Å². The number of rotatable bonds is 6. The Morgan fingerprint density at radius 3 is 1.70 bits per heavy atom. The van der Waals surface area contributed by atoms with Crippen molar-refractivity contribution in [1.82, 2.24) is 0 Å². The first-order valence-corrected chi connectivity index (χ1v) is 20.6. The third-order valence-corrected chi connectivity index (χ3v) is 12.1. The summed E-state index contributed by atoms with van der Waals surface area (Å²) in [6, 6.07) is 81.5. The lowest BCUT2D eigenvalue weighted by Gasteiger charge is -2.27. The van der Waals surface area contributed by atoms with Crippen molar-refractivity contribution in [1.29, 1.82) is 0 Å². The summed E-state index contributed by atoms with van der Waals surface area (Å²) in [5.74, 6) is 0. The Morgan fingerprint density at radius 1 is 0.250 bits per heavy atom. The number of anilines is 3. The number of benzene rings is 11. The van der Waals surface area contributed by atoms with Gasteiger partial charge in [-0.25, -0.2) is 0 Å². The van der Waals surface area contributed by atoms with E-state index in [-0.39, 0.29) is 0 Å². The molecule has 0 saturated heterocycles. The molecule has 0 radical (unpaired) electrons. The Bertz CT molecular complexity index is 3620. The molecular weight excluding hydrogens is 727 g/mol. The maximum atomic E-state index is 6.28. The van der Waals surface area contributed by atoms with Crippen molar-refractivity contribution in [3.05, 3.63) is 224 Å². The molecule has 1 aromatic heterocycles. The van der Waals surface area contributed by atoms with Crippen LogP contribution < -0.4 is 4.90 Å². The molecule has 0 fully saturated rings. The minimum absolute atomic E-state index is 0.906. The topological polar surface area (TPSA) is 16.4 Å². The minimum atomic E-state index is 0.906. The maximum absolute atomic E-state index is 6.28. The molecule has 0 saturated carbocycles. The van der Waals surface area contributed by atoms with Crippen molar-refractivity contribution in [2.24, 2.45) is 0 Å². The highest BCUT2D eigenvalue weighted by atomic mass is 16.3. The SMILES string of the molecule is c1ccc(-c2ccc3ccc(N(c4cccc(-c5cccc(-c6cc7ccccc7c7ccccc67)c5)c4)c4ccc5cc6oc7ccccc7c6cc5c4)cc3c2)cc1. The number of fused-ring (bicyclic) bond motifs is 8. The zero-order valence-corrected chi connectivity index (χ0v) is 32.7. The first-order chi connectivity index (χ1) is 29.7. The molecule has 2 nitrogen and oxygen atoms in total. The fraction of sp³-hybridized carbons (Fsp3) is 0. The van der Waals surface area contributed by atoms with Crippen LogP contribution in [0.1, 0.15) is 0 Å². The molecule has 0 unspecified atom stereocenters.